The van der Waals surface area contributed by atoms with E-state index >= 15 is 0 Å². The van der Waals surface area contributed by atoms with Gasteiger partial charge in [-0.05, 0) is 26.7 Å². The molecule has 0 aliphatic carbocycles. The second-order valence-corrected chi connectivity index (χ2v) is 4.55. The SMILES string of the molecule is CCOC(=O)C(C)(C#N)CCc1ccccc1[N+](=O)[O-]. The van der Waals surface area contributed by atoms with Gasteiger partial charge in [0.15, 0.2) is 5.41 Å². The second kappa shape index (κ2) is 6.66. The Hall–Kier alpha value is -2.42. The summed E-state index contributed by atoms with van der Waals surface area (Å²) in [6, 6.07) is 8.24. The van der Waals surface area contributed by atoms with Crippen LogP contribution in [0.1, 0.15) is 25.8 Å². The van der Waals surface area contributed by atoms with E-state index in [9.17, 15) is 14.9 Å². The molecule has 0 fully saturated rings. The summed E-state index contributed by atoms with van der Waals surface area (Å²) in [6.07, 6.45) is 0.438. The second-order valence-electron chi connectivity index (χ2n) is 4.55. The predicted molar refractivity (Wildman–Crippen MR) is 71.8 cm³/mol. The van der Waals surface area contributed by atoms with Crippen molar-refractivity contribution in [3.05, 3.63) is 39.9 Å². The molecule has 20 heavy (non-hydrogen) atoms. The van der Waals surface area contributed by atoms with Crippen molar-refractivity contribution < 1.29 is 14.5 Å². The van der Waals surface area contributed by atoms with Crippen LogP contribution in [0.25, 0.3) is 0 Å². The highest BCUT2D eigenvalue weighted by atomic mass is 16.6. The summed E-state index contributed by atoms with van der Waals surface area (Å²) in [5, 5.41) is 20.1. The molecule has 0 spiro atoms. The van der Waals surface area contributed by atoms with Crippen LogP contribution >= 0.6 is 0 Å². The predicted octanol–water partition coefficient (Wildman–Crippen LogP) is 2.62. The first-order valence-corrected chi connectivity index (χ1v) is 6.25. The average Bonchev–Trinajstić information content (AvgIpc) is 2.45. The minimum absolute atomic E-state index is 0.00310. The lowest BCUT2D eigenvalue weighted by atomic mass is 9.85. The van der Waals surface area contributed by atoms with E-state index in [0.717, 1.165) is 0 Å². The molecule has 6 nitrogen and oxygen atoms in total. The van der Waals surface area contributed by atoms with Crippen LogP contribution in [0.2, 0.25) is 0 Å². The Kier molecular flexibility index (Phi) is 5.21. The number of benzene rings is 1. The molecule has 0 bridgehead atoms. The molecule has 0 N–H and O–H groups in total. The lowest BCUT2D eigenvalue weighted by Crippen LogP contribution is -2.29. The number of para-hydroxylation sites is 1. The van der Waals surface area contributed by atoms with Gasteiger partial charge in [-0.1, -0.05) is 18.2 Å². The van der Waals surface area contributed by atoms with Gasteiger partial charge in [-0.3, -0.25) is 14.9 Å². The van der Waals surface area contributed by atoms with Gasteiger partial charge in [0.25, 0.3) is 5.69 Å². The first-order valence-electron chi connectivity index (χ1n) is 6.25. The number of nitro benzene ring substituents is 1. The van der Waals surface area contributed by atoms with Gasteiger partial charge in [0.05, 0.1) is 17.6 Å². The summed E-state index contributed by atoms with van der Waals surface area (Å²) in [6.45, 7) is 3.35. The third-order valence-corrected chi connectivity index (χ3v) is 3.06. The maximum atomic E-state index is 11.8. The van der Waals surface area contributed by atoms with Crippen molar-refractivity contribution >= 4 is 11.7 Å². The van der Waals surface area contributed by atoms with Crippen LogP contribution in [0.4, 0.5) is 5.69 Å². The maximum Gasteiger partial charge on any atom is 0.326 e. The fraction of sp³-hybridized carbons (Fsp3) is 0.429. The Balaban J connectivity index is 2.88. The number of nitrogens with zero attached hydrogens (tertiary/aromatic N) is 2. The Bertz CT molecular complexity index is 550. The van der Waals surface area contributed by atoms with E-state index in [2.05, 4.69) is 0 Å². The highest BCUT2D eigenvalue weighted by Crippen LogP contribution is 2.27. The largest absolute Gasteiger partial charge is 0.465 e. The number of nitro groups is 1. The number of esters is 1. The molecule has 106 valence electrons. The van der Waals surface area contributed by atoms with Gasteiger partial charge in [0.2, 0.25) is 0 Å². The van der Waals surface area contributed by atoms with Gasteiger partial charge in [-0.15, -0.1) is 0 Å². The van der Waals surface area contributed by atoms with Crippen LogP contribution in [-0.4, -0.2) is 17.5 Å². The zero-order valence-corrected chi connectivity index (χ0v) is 11.5. The number of rotatable bonds is 6. The highest BCUT2D eigenvalue weighted by Gasteiger charge is 2.35. The van der Waals surface area contributed by atoms with E-state index in [1.54, 1.807) is 25.1 Å². The van der Waals surface area contributed by atoms with Crippen molar-refractivity contribution in [2.45, 2.75) is 26.7 Å². The summed E-state index contributed by atoms with van der Waals surface area (Å²) in [5.74, 6) is -0.596. The maximum absolute atomic E-state index is 11.8. The van der Waals surface area contributed by atoms with Crippen molar-refractivity contribution in [3.63, 3.8) is 0 Å². The van der Waals surface area contributed by atoms with E-state index in [-0.39, 0.29) is 25.1 Å². The zero-order chi connectivity index (χ0) is 15.2. The van der Waals surface area contributed by atoms with Crippen molar-refractivity contribution in [3.8, 4) is 6.07 Å². The molecular weight excluding hydrogens is 260 g/mol. The van der Waals surface area contributed by atoms with E-state index in [1.165, 1.54) is 13.0 Å². The molecule has 1 atom stereocenters. The van der Waals surface area contributed by atoms with Crippen LogP contribution in [0.3, 0.4) is 0 Å². The summed E-state index contributed by atoms with van der Waals surface area (Å²) in [5.41, 5.74) is -0.792. The highest BCUT2D eigenvalue weighted by molar-refractivity contribution is 5.79. The third kappa shape index (κ3) is 3.54. The van der Waals surface area contributed by atoms with Gasteiger partial charge in [-0.25, -0.2) is 0 Å². The van der Waals surface area contributed by atoms with E-state index in [1.807, 2.05) is 6.07 Å². The van der Waals surface area contributed by atoms with Crippen LogP contribution in [0, 0.1) is 26.9 Å². The molecule has 0 saturated carbocycles. The molecule has 0 radical (unpaired) electrons. The molecule has 0 aromatic heterocycles. The topological polar surface area (TPSA) is 93.2 Å². The van der Waals surface area contributed by atoms with Crippen molar-refractivity contribution in [1.29, 1.82) is 5.26 Å². The smallest absolute Gasteiger partial charge is 0.326 e. The molecule has 0 heterocycles. The van der Waals surface area contributed by atoms with E-state index in [0.29, 0.717) is 5.56 Å². The number of ether oxygens (including phenoxy) is 1. The Labute approximate surface area is 117 Å². The Morgan fingerprint density at radius 2 is 2.15 bits per heavy atom. The molecule has 0 amide bonds. The molecular formula is C14H16N2O4. The standard InChI is InChI=1S/C14H16N2O4/c1-3-20-13(17)14(2,10-15)9-8-11-6-4-5-7-12(11)16(18)19/h4-7H,3,8-9H2,1-2H3. The summed E-state index contributed by atoms with van der Waals surface area (Å²) < 4.78 is 4.87. The third-order valence-electron chi connectivity index (χ3n) is 3.06. The lowest BCUT2D eigenvalue weighted by Gasteiger charge is -2.19. The van der Waals surface area contributed by atoms with E-state index < -0.39 is 16.3 Å². The number of nitriles is 1. The summed E-state index contributed by atoms with van der Waals surface area (Å²) in [7, 11) is 0. The molecule has 0 aliphatic rings. The van der Waals surface area contributed by atoms with Gasteiger partial charge < -0.3 is 4.74 Å². The molecule has 1 aromatic carbocycles. The molecule has 6 heteroatoms. The average molecular weight is 276 g/mol. The molecule has 1 aromatic rings. The number of carbonyl (C=O) groups excluding carboxylic acids is 1. The Morgan fingerprint density at radius 1 is 1.50 bits per heavy atom. The zero-order valence-electron chi connectivity index (χ0n) is 11.5. The molecule has 0 aliphatic heterocycles. The van der Waals surface area contributed by atoms with Crippen LogP contribution < -0.4 is 0 Å². The normalized spacial score (nSPS) is 13.1. The minimum Gasteiger partial charge on any atom is -0.465 e. The number of hydrogen-bond donors (Lipinski definition) is 0. The molecule has 1 unspecified atom stereocenters. The first-order chi connectivity index (χ1) is 9.44. The van der Waals surface area contributed by atoms with Gasteiger partial charge in [0.1, 0.15) is 0 Å². The van der Waals surface area contributed by atoms with Gasteiger partial charge >= 0.3 is 5.97 Å². The molecule has 0 saturated heterocycles. The van der Waals surface area contributed by atoms with Gasteiger partial charge in [0, 0.05) is 11.6 Å². The number of aryl methyl sites for hydroxylation is 1. The van der Waals surface area contributed by atoms with Crippen LogP contribution in [-0.2, 0) is 16.0 Å². The lowest BCUT2D eigenvalue weighted by molar-refractivity contribution is -0.385. The van der Waals surface area contributed by atoms with Crippen molar-refractivity contribution in [2.24, 2.45) is 5.41 Å². The Morgan fingerprint density at radius 3 is 2.70 bits per heavy atom. The first kappa shape index (κ1) is 15.6. The monoisotopic (exact) mass is 276 g/mol. The fourth-order valence-electron chi connectivity index (χ4n) is 1.78. The quantitative estimate of drug-likeness (QED) is 0.452. The van der Waals surface area contributed by atoms with Crippen molar-refractivity contribution in [2.75, 3.05) is 6.61 Å². The van der Waals surface area contributed by atoms with Crippen LogP contribution in [0.5, 0.6) is 0 Å². The molecule has 1 rings (SSSR count). The minimum atomic E-state index is -1.29. The number of hydrogen-bond acceptors (Lipinski definition) is 5. The fourth-order valence-corrected chi connectivity index (χ4v) is 1.78. The van der Waals surface area contributed by atoms with Crippen LogP contribution in [0.15, 0.2) is 24.3 Å². The summed E-state index contributed by atoms with van der Waals surface area (Å²) in [4.78, 5) is 22.2. The van der Waals surface area contributed by atoms with E-state index in [4.69, 9.17) is 10.00 Å². The van der Waals surface area contributed by atoms with Crippen molar-refractivity contribution in [1.82, 2.24) is 0 Å². The number of carbonyl (C=O) groups is 1. The summed E-state index contributed by atoms with van der Waals surface area (Å²) >= 11 is 0. The van der Waals surface area contributed by atoms with Gasteiger partial charge in [-0.2, -0.15) is 5.26 Å².